The van der Waals surface area contributed by atoms with Crippen LogP contribution in [-0.2, 0) is 11.2 Å². The van der Waals surface area contributed by atoms with Gasteiger partial charge in [0.05, 0.1) is 0 Å². The van der Waals surface area contributed by atoms with Gasteiger partial charge >= 0.3 is 0 Å². The molecule has 1 aromatic carbocycles. The zero-order valence-electron chi connectivity index (χ0n) is 11.2. The average Bonchev–Trinajstić information content (AvgIpc) is 2.48. The lowest BCUT2D eigenvalue weighted by Crippen LogP contribution is -2.49. The first-order chi connectivity index (χ1) is 9.66. The highest BCUT2D eigenvalue weighted by Gasteiger charge is 2.34. The highest BCUT2D eigenvalue weighted by molar-refractivity contribution is 6.01. The second-order valence-electron chi connectivity index (χ2n) is 5.37. The zero-order valence-corrected chi connectivity index (χ0v) is 11.2. The van der Waals surface area contributed by atoms with Crippen LogP contribution < -0.4 is 5.32 Å². The highest BCUT2D eigenvalue weighted by Crippen LogP contribution is 2.28. The van der Waals surface area contributed by atoms with Crippen molar-refractivity contribution in [1.82, 2.24) is 10.2 Å². The third-order valence-corrected chi connectivity index (χ3v) is 4.08. The number of hydrogen-bond acceptors (Lipinski definition) is 3. The number of amides is 1. The van der Waals surface area contributed by atoms with E-state index in [1.54, 1.807) is 17.0 Å². The second-order valence-corrected chi connectivity index (χ2v) is 5.37. The van der Waals surface area contributed by atoms with Crippen LogP contribution in [0, 0.1) is 11.7 Å². The molecule has 1 aliphatic heterocycles. The van der Waals surface area contributed by atoms with Crippen LogP contribution >= 0.6 is 0 Å². The van der Waals surface area contributed by atoms with Gasteiger partial charge in [-0.15, -0.1) is 0 Å². The zero-order chi connectivity index (χ0) is 14.1. The van der Waals surface area contributed by atoms with E-state index in [0.29, 0.717) is 30.6 Å². The van der Waals surface area contributed by atoms with Crippen LogP contribution in [0.15, 0.2) is 18.2 Å². The van der Waals surface area contributed by atoms with E-state index in [1.165, 1.54) is 6.07 Å². The normalized spacial score (nSPS) is 22.6. The fourth-order valence-corrected chi connectivity index (χ4v) is 3.00. The van der Waals surface area contributed by atoms with Crippen molar-refractivity contribution in [3.8, 4) is 0 Å². The summed E-state index contributed by atoms with van der Waals surface area (Å²) in [6.45, 7) is 2.87. The first-order valence-corrected chi connectivity index (χ1v) is 6.97. The topological polar surface area (TPSA) is 49.4 Å². The van der Waals surface area contributed by atoms with E-state index in [4.69, 9.17) is 0 Å². The Bertz CT molecular complexity index is 553. The number of Topliss-reactive ketones (excluding diaryl/α,β-unsaturated/α-hetero) is 1. The predicted molar refractivity (Wildman–Crippen MR) is 72.0 cm³/mol. The third-order valence-electron chi connectivity index (χ3n) is 4.08. The number of piperazine rings is 1. The molecular weight excluding hydrogens is 259 g/mol. The van der Waals surface area contributed by atoms with Crippen LogP contribution in [-0.4, -0.2) is 42.8 Å². The first kappa shape index (κ1) is 13.2. The van der Waals surface area contributed by atoms with Crippen molar-refractivity contribution in [3.05, 3.63) is 35.1 Å². The molecule has 2 aliphatic rings. The number of nitrogens with one attached hydrogen (secondary N) is 1. The quantitative estimate of drug-likeness (QED) is 0.832. The van der Waals surface area contributed by atoms with Crippen molar-refractivity contribution in [2.75, 3.05) is 26.2 Å². The number of hydrogen-bond donors (Lipinski definition) is 1. The largest absolute Gasteiger partial charge is 0.340 e. The molecule has 1 fully saturated rings. The molecule has 1 aliphatic carbocycles. The number of carbonyl (C=O) groups excluding carboxylic acids is 2. The Morgan fingerprint density at radius 1 is 1.25 bits per heavy atom. The summed E-state index contributed by atoms with van der Waals surface area (Å²) < 4.78 is 13.8. The van der Waals surface area contributed by atoms with Crippen LogP contribution in [0.25, 0.3) is 0 Å². The Kier molecular flexibility index (Phi) is 3.53. The van der Waals surface area contributed by atoms with Crippen LogP contribution in [0.5, 0.6) is 0 Å². The van der Waals surface area contributed by atoms with Gasteiger partial charge in [0.1, 0.15) is 5.82 Å². The number of fused-ring (bicyclic) bond motifs is 1. The van der Waals surface area contributed by atoms with Crippen molar-refractivity contribution in [3.63, 3.8) is 0 Å². The van der Waals surface area contributed by atoms with Gasteiger partial charge < -0.3 is 10.2 Å². The summed E-state index contributed by atoms with van der Waals surface area (Å²) in [6, 6.07) is 4.54. The van der Waals surface area contributed by atoms with Crippen LogP contribution in [0.4, 0.5) is 4.39 Å². The minimum absolute atomic E-state index is 0.0197. The van der Waals surface area contributed by atoms with E-state index in [0.717, 1.165) is 13.1 Å². The summed E-state index contributed by atoms with van der Waals surface area (Å²) in [5.41, 5.74) is 0.839. The molecule has 0 saturated carbocycles. The van der Waals surface area contributed by atoms with Crippen LogP contribution in [0.1, 0.15) is 22.3 Å². The Morgan fingerprint density at radius 2 is 2.00 bits per heavy atom. The molecular formula is C15H17FN2O2. The van der Waals surface area contributed by atoms with Crippen LogP contribution in [0.2, 0.25) is 0 Å². The van der Waals surface area contributed by atoms with Gasteiger partial charge in [-0.05, 0) is 18.1 Å². The Morgan fingerprint density at radius 3 is 2.75 bits per heavy atom. The number of rotatable bonds is 1. The molecule has 1 N–H and O–H groups in total. The van der Waals surface area contributed by atoms with Crippen molar-refractivity contribution >= 4 is 11.7 Å². The van der Waals surface area contributed by atoms with E-state index in [2.05, 4.69) is 5.32 Å². The van der Waals surface area contributed by atoms with Gasteiger partial charge in [-0.2, -0.15) is 0 Å². The molecule has 0 radical (unpaired) electrons. The minimum Gasteiger partial charge on any atom is -0.340 e. The van der Waals surface area contributed by atoms with Crippen LogP contribution in [0.3, 0.4) is 0 Å². The molecule has 0 aromatic heterocycles. The third kappa shape index (κ3) is 2.33. The molecule has 1 unspecified atom stereocenters. The summed E-state index contributed by atoms with van der Waals surface area (Å²) in [4.78, 5) is 26.3. The highest BCUT2D eigenvalue weighted by atomic mass is 19.1. The molecule has 1 atom stereocenters. The SMILES string of the molecule is O=C1CC(C(=O)N2CCNCC2)Cc2c(F)cccc21. The fraction of sp³-hybridized carbons (Fsp3) is 0.467. The van der Waals surface area contributed by atoms with Gasteiger partial charge in [-0.3, -0.25) is 9.59 Å². The summed E-state index contributed by atoms with van der Waals surface area (Å²) in [5.74, 6) is -0.938. The molecule has 20 heavy (non-hydrogen) atoms. The maximum atomic E-state index is 13.8. The van der Waals surface area contributed by atoms with Gasteiger partial charge in [-0.25, -0.2) is 4.39 Å². The van der Waals surface area contributed by atoms with Gasteiger partial charge in [0, 0.05) is 44.1 Å². The average molecular weight is 276 g/mol. The Labute approximate surface area is 117 Å². The fourth-order valence-electron chi connectivity index (χ4n) is 3.00. The molecule has 106 valence electrons. The Balaban J connectivity index is 1.82. The van der Waals surface area contributed by atoms with Crippen molar-refractivity contribution < 1.29 is 14.0 Å². The van der Waals surface area contributed by atoms with E-state index < -0.39 is 5.92 Å². The molecule has 0 bridgehead atoms. The minimum atomic E-state index is -0.412. The molecule has 0 spiro atoms. The lowest BCUT2D eigenvalue weighted by molar-refractivity contribution is -0.136. The smallest absolute Gasteiger partial charge is 0.226 e. The lowest BCUT2D eigenvalue weighted by Gasteiger charge is -2.32. The maximum Gasteiger partial charge on any atom is 0.226 e. The number of benzene rings is 1. The summed E-state index contributed by atoms with van der Waals surface area (Å²) in [5, 5.41) is 3.19. The van der Waals surface area contributed by atoms with E-state index in [-0.39, 0.29) is 23.9 Å². The molecule has 1 heterocycles. The van der Waals surface area contributed by atoms with E-state index >= 15 is 0 Å². The molecule has 1 amide bonds. The number of nitrogens with zero attached hydrogens (tertiary/aromatic N) is 1. The van der Waals surface area contributed by atoms with Crippen molar-refractivity contribution in [2.45, 2.75) is 12.8 Å². The molecule has 4 nitrogen and oxygen atoms in total. The molecule has 5 heteroatoms. The van der Waals surface area contributed by atoms with E-state index in [1.807, 2.05) is 0 Å². The monoisotopic (exact) mass is 276 g/mol. The van der Waals surface area contributed by atoms with Crippen molar-refractivity contribution in [1.29, 1.82) is 0 Å². The summed E-state index contributed by atoms with van der Waals surface area (Å²) in [6.07, 6.45) is 0.524. The summed E-state index contributed by atoms with van der Waals surface area (Å²) >= 11 is 0. The standard InChI is InChI=1S/C15H17FN2O2/c16-13-3-1-2-11-12(13)8-10(9-14(11)19)15(20)18-6-4-17-5-7-18/h1-3,10,17H,4-9H2. The molecule has 1 aromatic rings. The predicted octanol–water partition coefficient (Wildman–Crippen LogP) is 1.00. The molecule has 3 rings (SSSR count). The second kappa shape index (κ2) is 5.32. The maximum absolute atomic E-state index is 13.8. The number of ketones is 1. The van der Waals surface area contributed by atoms with Crippen molar-refractivity contribution in [2.24, 2.45) is 5.92 Å². The first-order valence-electron chi connectivity index (χ1n) is 6.97. The molecule has 1 saturated heterocycles. The van der Waals surface area contributed by atoms with Gasteiger partial charge in [0.15, 0.2) is 5.78 Å². The van der Waals surface area contributed by atoms with Gasteiger partial charge in [-0.1, -0.05) is 12.1 Å². The van der Waals surface area contributed by atoms with E-state index in [9.17, 15) is 14.0 Å². The number of halogens is 1. The Hall–Kier alpha value is -1.75. The van der Waals surface area contributed by atoms with Gasteiger partial charge in [0.25, 0.3) is 0 Å². The van der Waals surface area contributed by atoms with Gasteiger partial charge in [0.2, 0.25) is 5.91 Å². The number of carbonyl (C=O) groups is 2. The lowest BCUT2D eigenvalue weighted by atomic mass is 9.82. The summed E-state index contributed by atoms with van der Waals surface area (Å²) in [7, 11) is 0.